The largest absolute Gasteiger partial charge is 0.446 e. The maximum atomic E-state index is 12.7. The van der Waals surface area contributed by atoms with Gasteiger partial charge in [0, 0.05) is 69.6 Å². The molecule has 8 bridgehead atoms. The van der Waals surface area contributed by atoms with E-state index in [-0.39, 0.29) is 35.2 Å². The van der Waals surface area contributed by atoms with E-state index in [1.54, 1.807) is 0 Å². The predicted octanol–water partition coefficient (Wildman–Crippen LogP) is 7.97. The molecule has 8 aliphatic rings. The van der Waals surface area contributed by atoms with Crippen LogP contribution in [-0.4, -0.2) is 25.9 Å². The van der Waals surface area contributed by atoms with E-state index in [4.69, 9.17) is 8.37 Å². The van der Waals surface area contributed by atoms with Gasteiger partial charge >= 0.3 is 20.8 Å². The van der Waals surface area contributed by atoms with E-state index in [0.29, 0.717) is 58.8 Å². The van der Waals surface area contributed by atoms with Gasteiger partial charge in [0.25, 0.3) is 0 Å². The fourth-order valence-electron chi connectivity index (χ4n) is 12.8. The Balaban J connectivity index is 1.03. The van der Waals surface area contributed by atoms with E-state index < -0.39 is 20.8 Å². The van der Waals surface area contributed by atoms with E-state index in [9.17, 15) is 25.9 Å². The van der Waals surface area contributed by atoms with Gasteiger partial charge in [0.15, 0.2) is 11.5 Å². The third-order valence-corrected chi connectivity index (χ3v) is 15.0. The van der Waals surface area contributed by atoms with Crippen molar-refractivity contribution in [3.8, 4) is 11.5 Å². The van der Waals surface area contributed by atoms with Crippen molar-refractivity contribution < 1.29 is 34.3 Å². The lowest BCUT2D eigenvalue weighted by Gasteiger charge is -2.32. The zero-order valence-electron chi connectivity index (χ0n) is 27.5. The zero-order chi connectivity index (χ0) is 34.7. The first-order valence-corrected chi connectivity index (χ1v) is 20.9. The average Bonchev–Trinajstić information content (AvgIpc) is 3.98. The van der Waals surface area contributed by atoms with Crippen molar-refractivity contribution in [3.63, 3.8) is 0 Å². The molecule has 10 heteroatoms. The van der Waals surface area contributed by atoms with E-state index in [1.807, 2.05) is 0 Å². The van der Waals surface area contributed by atoms with Crippen LogP contribution in [-0.2, 0) is 20.8 Å². The molecule has 13 rings (SSSR count). The normalized spacial score (nSPS) is 29.0. The van der Waals surface area contributed by atoms with Gasteiger partial charge in [-0.2, -0.15) is 16.8 Å². The van der Waals surface area contributed by atoms with Crippen LogP contribution in [0.15, 0.2) is 72.8 Å². The highest BCUT2D eigenvalue weighted by Gasteiger charge is 2.56. The minimum atomic E-state index is -4.96. The summed E-state index contributed by atoms with van der Waals surface area (Å²) in [6.07, 6.45) is 3.20. The SMILES string of the molecule is O=S(=O)(O)Oc1c2c(c(OS(=O)(=O)O)c3c1C1CC3c3cc4c(cc31)C1CC4c3ccccc31)C1CC2c2cc3c(cc21)C1CC3c2ccccc21. The molecule has 258 valence electrons. The Morgan fingerprint density at radius 2 is 0.615 bits per heavy atom. The molecule has 2 N–H and O–H groups in total. The molecule has 0 heterocycles. The number of hydrogen-bond donors (Lipinski definition) is 2. The lowest BCUT2D eigenvalue weighted by molar-refractivity contribution is 0.375. The molecule has 8 unspecified atom stereocenters. The van der Waals surface area contributed by atoms with E-state index >= 15 is 0 Å². The van der Waals surface area contributed by atoms with Crippen molar-refractivity contribution in [2.45, 2.75) is 73.0 Å². The van der Waals surface area contributed by atoms with Crippen LogP contribution in [0.4, 0.5) is 0 Å². The standard InChI is InChI=1S/C42H30O8S2/c43-51(44,45)49-41-37-33-15-34(30-12-26-22-9-21(25(26)11-29(30)33)17-5-1-2-6-18(17)22)38(37)42(50-52(46,47)48)40-36-16-35(39(40)41)31-13-27-23-10-24(28(27)14-32(31)36)20-8-4-3-7-19(20)23/h1-8,11-14,21-24,33-36H,9-10,15-16H2,(H,43,44,45)(H,46,47,48). The van der Waals surface area contributed by atoms with Crippen LogP contribution in [0.5, 0.6) is 11.5 Å². The van der Waals surface area contributed by atoms with Gasteiger partial charge in [-0.15, -0.1) is 0 Å². The molecule has 0 spiro atoms. The van der Waals surface area contributed by atoms with Crippen LogP contribution in [0.3, 0.4) is 0 Å². The second kappa shape index (κ2) is 8.99. The number of fused-ring (bicyclic) bond motifs is 32. The van der Waals surface area contributed by atoms with E-state index in [0.717, 1.165) is 35.1 Å². The summed E-state index contributed by atoms with van der Waals surface area (Å²) >= 11 is 0. The lowest BCUT2D eigenvalue weighted by atomic mass is 9.74. The van der Waals surface area contributed by atoms with Crippen molar-refractivity contribution in [2.24, 2.45) is 0 Å². The fraction of sp³-hybridized carbons (Fsp3) is 0.286. The summed E-state index contributed by atoms with van der Waals surface area (Å²) in [5.41, 5.74) is 17.1. The van der Waals surface area contributed by atoms with Crippen LogP contribution < -0.4 is 8.37 Å². The molecule has 0 aliphatic heterocycles. The Bertz CT molecular complexity index is 2480. The summed E-state index contributed by atoms with van der Waals surface area (Å²) in [4.78, 5) is 0. The summed E-state index contributed by atoms with van der Waals surface area (Å²) in [5.74, 6) is 0.158. The highest BCUT2D eigenvalue weighted by atomic mass is 32.3. The van der Waals surface area contributed by atoms with Crippen LogP contribution in [0.25, 0.3) is 0 Å². The molecule has 0 amide bonds. The molecule has 0 fully saturated rings. The minimum absolute atomic E-state index is 0.0891. The topological polar surface area (TPSA) is 127 Å². The van der Waals surface area contributed by atoms with Gasteiger partial charge in [0.1, 0.15) is 0 Å². The van der Waals surface area contributed by atoms with Crippen molar-refractivity contribution in [1.29, 1.82) is 0 Å². The molecule has 52 heavy (non-hydrogen) atoms. The third kappa shape index (κ3) is 3.37. The third-order valence-electron chi connectivity index (χ3n) is 14.3. The van der Waals surface area contributed by atoms with Gasteiger partial charge in [-0.25, -0.2) is 0 Å². The second-order valence-electron chi connectivity index (χ2n) is 16.2. The summed E-state index contributed by atoms with van der Waals surface area (Å²) in [6.45, 7) is 0. The zero-order valence-corrected chi connectivity index (χ0v) is 29.2. The smallest absolute Gasteiger partial charge is 0.361 e. The lowest BCUT2D eigenvalue weighted by Crippen LogP contribution is -2.20. The second-order valence-corrected chi connectivity index (χ2v) is 18.2. The average molecular weight is 727 g/mol. The summed E-state index contributed by atoms with van der Waals surface area (Å²) in [7, 11) is -9.93. The van der Waals surface area contributed by atoms with Crippen LogP contribution in [0, 0.1) is 0 Å². The maximum Gasteiger partial charge on any atom is 0.446 e. The van der Waals surface area contributed by atoms with Crippen molar-refractivity contribution >= 4 is 20.8 Å². The van der Waals surface area contributed by atoms with Crippen molar-refractivity contribution in [1.82, 2.24) is 0 Å². The van der Waals surface area contributed by atoms with Crippen LogP contribution in [0.1, 0.15) is 162 Å². The van der Waals surface area contributed by atoms with Gasteiger partial charge in [-0.3, -0.25) is 9.11 Å². The monoisotopic (exact) mass is 726 g/mol. The van der Waals surface area contributed by atoms with Gasteiger partial charge < -0.3 is 8.37 Å². The summed E-state index contributed by atoms with van der Waals surface area (Å²) < 4.78 is 82.7. The molecule has 0 radical (unpaired) electrons. The van der Waals surface area contributed by atoms with Crippen LogP contribution >= 0.6 is 0 Å². The van der Waals surface area contributed by atoms with Crippen molar-refractivity contribution in [2.75, 3.05) is 0 Å². The van der Waals surface area contributed by atoms with Gasteiger partial charge in [-0.05, 0) is 92.4 Å². The molecule has 0 aromatic heterocycles. The molecular weight excluding hydrogens is 697 g/mol. The van der Waals surface area contributed by atoms with E-state index in [2.05, 4.69) is 72.8 Å². The summed E-state index contributed by atoms with van der Waals surface area (Å²) in [5, 5.41) is 0. The molecule has 8 aliphatic carbocycles. The Kier molecular flexibility index (Phi) is 5.02. The first-order chi connectivity index (χ1) is 25.0. The Morgan fingerprint density at radius 1 is 0.385 bits per heavy atom. The maximum absolute atomic E-state index is 12.7. The van der Waals surface area contributed by atoms with Gasteiger partial charge in [0.05, 0.1) is 0 Å². The molecule has 5 aromatic rings. The first kappa shape index (κ1) is 29.0. The number of hydrogen-bond acceptors (Lipinski definition) is 6. The molecule has 8 nitrogen and oxygen atoms in total. The Hall–Kier alpha value is -4.48. The molecular formula is C42H30O8S2. The molecule has 5 aromatic carbocycles. The number of rotatable bonds is 4. The highest BCUT2D eigenvalue weighted by molar-refractivity contribution is 7.81. The Morgan fingerprint density at radius 3 is 0.865 bits per heavy atom. The van der Waals surface area contributed by atoms with Gasteiger partial charge in [0.2, 0.25) is 0 Å². The molecule has 8 atom stereocenters. The highest BCUT2D eigenvalue weighted by Crippen LogP contribution is 2.71. The van der Waals surface area contributed by atoms with Crippen LogP contribution in [0.2, 0.25) is 0 Å². The molecule has 0 saturated heterocycles. The first-order valence-electron chi connectivity index (χ1n) is 18.1. The Labute approximate surface area is 300 Å². The molecule has 0 saturated carbocycles. The quantitative estimate of drug-likeness (QED) is 0.179. The van der Waals surface area contributed by atoms with Crippen molar-refractivity contribution in [3.05, 3.63) is 162 Å². The summed E-state index contributed by atoms with van der Waals surface area (Å²) in [6, 6.07) is 26.3. The fourth-order valence-corrected chi connectivity index (χ4v) is 13.6. The number of benzene rings is 5. The minimum Gasteiger partial charge on any atom is -0.361 e. The van der Waals surface area contributed by atoms with Gasteiger partial charge in [-0.1, -0.05) is 72.8 Å². The predicted molar refractivity (Wildman–Crippen MR) is 190 cm³/mol. The van der Waals surface area contributed by atoms with E-state index in [1.165, 1.54) is 44.5 Å².